The third kappa shape index (κ3) is 2.27. The minimum atomic E-state index is -1.27. The Morgan fingerprint density at radius 2 is 2.10 bits per heavy atom. The molecule has 1 aromatic heterocycles. The summed E-state index contributed by atoms with van der Waals surface area (Å²) >= 11 is 0. The maximum atomic E-state index is 11.0. The topological polar surface area (TPSA) is 146 Å². The van der Waals surface area contributed by atoms with E-state index < -0.39 is 16.6 Å². The Hall–Kier alpha value is -3.72. The Bertz CT molecular complexity index is 840. The van der Waals surface area contributed by atoms with Crippen LogP contribution in [0.3, 0.4) is 0 Å². The number of aromatic nitrogens is 2. The Labute approximate surface area is 117 Å². The van der Waals surface area contributed by atoms with Gasteiger partial charge in [0.25, 0.3) is 5.69 Å². The highest BCUT2D eigenvalue weighted by atomic mass is 16.6. The monoisotopic (exact) mass is 283 g/mol. The van der Waals surface area contributed by atoms with E-state index in [2.05, 4.69) is 4.98 Å². The molecular formula is C12H5N5O4. The maximum absolute atomic E-state index is 11.0. The molecule has 1 heterocycles. The fraction of sp³-hybridized carbons (Fsp3) is 0. The number of nitro groups is 1. The summed E-state index contributed by atoms with van der Waals surface area (Å²) in [7, 11) is 0. The van der Waals surface area contributed by atoms with Gasteiger partial charge in [0.2, 0.25) is 0 Å². The van der Waals surface area contributed by atoms with E-state index in [-0.39, 0.29) is 22.6 Å². The molecule has 9 nitrogen and oxygen atoms in total. The zero-order valence-corrected chi connectivity index (χ0v) is 10.2. The summed E-state index contributed by atoms with van der Waals surface area (Å²) in [5.74, 6) is -1.27. The van der Waals surface area contributed by atoms with Crippen LogP contribution < -0.4 is 0 Å². The van der Waals surface area contributed by atoms with E-state index in [4.69, 9.17) is 15.6 Å². The number of hydrogen-bond acceptors (Lipinski definition) is 6. The van der Waals surface area contributed by atoms with Gasteiger partial charge in [-0.05, 0) is 12.1 Å². The Balaban J connectivity index is 2.79. The van der Waals surface area contributed by atoms with Crippen LogP contribution in [0, 0.1) is 32.8 Å². The average Bonchev–Trinajstić information content (AvgIpc) is 2.88. The van der Waals surface area contributed by atoms with Crippen molar-refractivity contribution in [1.29, 1.82) is 10.5 Å². The predicted octanol–water partition coefficient (Wildman–Crippen LogP) is 1.22. The Kier molecular flexibility index (Phi) is 3.33. The van der Waals surface area contributed by atoms with Crippen LogP contribution in [0.4, 0.5) is 5.69 Å². The summed E-state index contributed by atoms with van der Waals surface area (Å²) in [6.07, 6.45) is 1.06. The van der Waals surface area contributed by atoms with E-state index in [0.717, 1.165) is 29.1 Å². The Morgan fingerprint density at radius 3 is 2.62 bits per heavy atom. The summed E-state index contributed by atoms with van der Waals surface area (Å²) in [4.78, 5) is 25.0. The quantitative estimate of drug-likeness (QED) is 0.657. The second-order valence-electron chi connectivity index (χ2n) is 3.80. The van der Waals surface area contributed by atoms with Gasteiger partial charge in [0.15, 0.2) is 11.4 Å². The van der Waals surface area contributed by atoms with E-state index in [9.17, 15) is 14.9 Å². The molecule has 0 aliphatic heterocycles. The van der Waals surface area contributed by atoms with Crippen molar-refractivity contribution in [2.45, 2.75) is 0 Å². The molecule has 0 radical (unpaired) electrons. The van der Waals surface area contributed by atoms with Gasteiger partial charge < -0.3 is 5.11 Å². The first-order valence-electron chi connectivity index (χ1n) is 5.39. The highest BCUT2D eigenvalue weighted by Gasteiger charge is 2.21. The van der Waals surface area contributed by atoms with Crippen molar-refractivity contribution in [1.82, 2.24) is 9.55 Å². The lowest BCUT2D eigenvalue weighted by Crippen LogP contribution is -2.05. The van der Waals surface area contributed by atoms with E-state index in [0.29, 0.717) is 0 Å². The Morgan fingerprint density at radius 1 is 1.38 bits per heavy atom. The predicted molar refractivity (Wildman–Crippen MR) is 66.6 cm³/mol. The third-order valence-corrected chi connectivity index (χ3v) is 2.66. The molecule has 0 unspecified atom stereocenters. The van der Waals surface area contributed by atoms with Crippen LogP contribution in [0.5, 0.6) is 0 Å². The lowest BCUT2D eigenvalue weighted by molar-refractivity contribution is -0.384. The fourth-order valence-electron chi connectivity index (χ4n) is 1.72. The molecule has 2 rings (SSSR count). The third-order valence-electron chi connectivity index (χ3n) is 2.66. The maximum Gasteiger partial charge on any atom is 0.335 e. The van der Waals surface area contributed by atoms with Crippen LogP contribution in [-0.2, 0) is 0 Å². The first-order chi connectivity index (χ1) is 9.99. The van der Waals surface area contributed by atoms with Crippen molar-refractivity contribution in [3.8, 4) is 17.8 Å². The standard InChI is InChI=1S/C12H5N5O4/c13-4-8-11(5-14)16(6-15-8)10-3-7(12(18)19)1-2-9(10)17(20)21/h1-3,6H,(H,18,19). The molecule has 2 aromatic rings. The summed E-state index contributed by atoms with van der Waals surface area (Å²) < 4.78 is 1.02. The fourth-order valence-corrected chi connectivity index (χ4v) is 1.72. The number of nitro benzene ring substituents is 1. The summed E-state index contributed by atoms with van der Waals surface area (Å²) in [6.45, 7) is 0. The van der Waals surface area contributed by atoms with Gasteiger partial charge in [-0.25, -0.2) is 9.78 Å². The molecule has 9 heteroatoms. The number of carbonyl (C=O) groups is 1. The molecule has 0 spiro atoms. The van der Waals surface area contributed by atoms with Crippen molar-refractivity contribution in [3.63, 3.8) is 0 Å². The van der Waals surface area contributed by atoms with Gasteiger partial charge >= 0.3 is 5.97 Å². The van der Waals surface area contributed by atoms with Crippen molar-refractivity contribution >= 4 is 11.7 Å². The lowest BCUT2D eigenvalue weighted by Gasteiger charge is -2.06. The van der Waals surface area contributed by atoms with E-state index >= 15 is 0 Å². The molecule has 0 atom stereocenters. The number of imidazole rings is 1. The van der Waals surface area contributed by atoms with E-state index in [1.54, 1.807) is 12.1 Å². The van der Waals surface area contributed by atoms with Crippen molar-refractivity contribution in [2.24, 2.45) is 0 Å². The normalized spacial score (nSPS) is 9.62. The summed E-state index contributed by atoms with van der Waals surface area (Å²) in [5.41, 5.74) is -1.15. The average molecular weight is 283 g/mol. The minimum Gasteiger partial charge on any atom is -0.478 e. The van der Waals surface area contributed by atoms with Crippen LogP contribution in [0.1, 0.15) is 21.7 Å². The van der Waals surface area contributed by atoms with Crippen LogP contribution in [0.15, 0.2) is 24.5 Å². The molecule has 0 fully saturated rings. The summed E-state index contributed by atoms with van der Waals surface area (Å²) in [6, 6.07) is 6.55. The molecular weight excluding hydrogens is 278 g/mol. The van der Waals surface area contributed by atoms with Gasteiger partial charge in [0, 0.05) is 6.07 Å². The zero-order chi connectivity index (χ0) is 15.6. The molecule has 21 heavy (non-hydrogen) atoms. The molecule has 0 aliphatic rings. The number of benzene rings is 1. The van der Waals surface area contributed by atoms with Crippen LogP contribution >= 0.6 is 0 Å². The molecule has 0 bridgehead atoms. The van der Waals surface area contributed by atoms with E-state index in [1.165, 1.54) is 0 Å². The minimum absolute atomic E-state index is 0.148. The lowest BCUT2D eigenvalue weighted by atomic mass is 10.1. The summed E-state index contributed by atoms with van der Waals surface area (Å²) in [5, 5.41) is 37.8. The highest BCUT2D eigenvalue weighted by molar-refractivity contribution is 5.89. The van der Waals surface area contributed by atoms with Gasteiger partial charge in [0.1, 0.15) is 24.2 Å². The number of nitriles is 2. The molecule has 0 saturated carbocycles. The zero-order valence-electron chi connectivity index (χ0n) is 10.2. The van der Waals surface area contributed by atoms with Gasteiger partial charge in [-0.15, -0.1) is 0 Å². The van der Waals surface area contributed by atoms with Crippen molar-refractivity contribution in [3.05, 3.63) is 51.6 Å². The molecule has 0 aliphatic carbocycles. The molecule has 102 valence electrons. The van der Waals surface area contributed by atoms with Gasteiger partial charge in [0.05, 0.1) is 10.5 Å². The molecule has 1 aromatic carbocycles. The van der Waals surface area contributed by atoms with Gasteiger partial charge in [-0.3, -0.25) is 14.7 Å². The number of nitrogens with zero attached hydrogens (tertiary/aromatic N) is 5. The van der Waals surface area contributed by atoms with Crippen LogP contribution in [0.2, 0.25) is 0 Å². The number of aromatic carboxylic acids is 1. The number of carboxylic acid groups (broad SMARTS) is 1. The van der Waals surface area contributed by atoms with Gasteiger partial charge in [-0.2, -0.15) is 10.5 Å². The number of carboxylic acids is 1. The smallest absolute Gasteiger partial charge is 0.335 e. The number of hydrogen-bond donors (Lipinski definition) is 1. The molecule has 1 N–H and O–H groups in total. The first-order valence-corrected chi connectivity index (χ1v) is 5.39. The SMILES string of the molecule is N#Cc1ncn(-c2cc(C(=O)O)ccc2[N+](=O)[O-])c1C#N. The van der Waals surface area contributed by atoms with Crippen LogP contribution in [-0.4, -0.2) is 25.6 Å². The second-order valence-corrected chi connectivity index (χ2v) is 3.80. The van der Waals surface area contributed by atoms with Crippen molar-refractivity contribution in [2.75, 3.05) is 0 Å². The first kappa shape index (κ1) is 13.7. The largest absolute Gasteiger partial charge is 0.478 e. The van der Waals surface area contributed by atoms with Crippen molar-refractivity contribution < 1.29 is 14.8 Å². The highest BCUT2D eigenvalue weighted by Crippen LogP contribution is 2.26. The molecule has 0 amide bonds. The second kappa shape index (κ2) is 5.11. The van der Waals surface area contributed by atoms with E-state index in [1.807, 2.05) is 0 Å². The van der Waals surface area contributed by atoms with Gasteiger partial charge in [-0.1, -0.05) is 0 Å². The van der Waals surface area contributed by atoms with Crippen LogP contribution in [0.25, 0.3) is 5.69 Å². The number of rotatable bonds is 3. The molecule has 0 saturated heterocycles.